The summed E-state index contributed by atoms with van der Waals surface area (Å²) < 4.78 is 16.7. The van der Waals surface area contributed by atoms with Crippen molar-refractivity contribution in [1.29, 1.82) is 0 Å². The number of piperidine rings is 2. The highest BCUT2D eigenvalue weighted by atomic mass is 19.1. The average molecular weight is 774 g/mol. The van der Waals surface area contributed by atoms with Gasteiger partial charge < -0.3 is 20.6 Å². The number of imide groups is 1. The third-order valence-electron chi connectivity index (χ3n) is 10.5. The van der Waals surface area contributed by atoms with Crippen LogP contribution in [0.5, 0.6) is 0 Å². The number of amides is 4. The molecular formula is C42H44FN9O5. The molecule has 3 aromatic heterocycles. The predicted octanol–water partition coefficient (Wildman–Crippen LogP) is 4.13. The van der Waals surface area contributed by atoms with Crippen molar-refractivity contribution in [3.63, 3.8) is 0 Å². The highest BCUT2D eigenvalue weighted by Gasteiger charge is 2.32. The number of aliphatic hydroxyl groups is 1. The number of para-hydroxylation sites is 1. The normalized spacial score (nSPS) is 16.3. The average Bonchev–Trinajstić information content (AvgIpc) is 3.44. The van der Waals surface area contributed by atoms with Crippen LogP contribution in [0, 0.1) is 23.7 Å². The summed E-state index contributed by atoms with van der Waals surface area (Å²) >= 11 is 0. The molecule has 0 aliphatic carbocycles. The second-order valence-electron chi connectivity index (χ2n) is 14.7. The number of rotatable bonds is 10. The number of anilines is 2. The Morgan fingerprint density at radius 1 is 1.00 bits per heavy atom. The van der Waals surface area contributed by atoms with E-state index < -0.39 is 30.5 Å². The molecule has 0 radical (unpaired) electrons. The fourth-order valence-corrected chi connectivity index (χ4v) is 7.65. The van der Waals surface area contributed by atoms with Crippen molar-refractivity contribution in [1.82, 2.24) is 34.2 Å². The molecular weight excluding hydrogens is 730 g/mol. The molecule has 15 heteroatoms. The molecule has 2 saturated heterocycles. The Kier molecular flexibility index (Phi) is 11.8. The lowest BCUT2D eigenvalue weighted by molar-refractivity contribution is -0.135. The van der Waals surface area contributed by atoms with Crippen LogP contribution in [0.25, 0.3) is 11.0 Å². The van der Waals surface area contributed by atoms with Crippen LogP contribution in [0.15, 0.2) is 77.9 Å². The van der Waals surface area contributed by atoms with Gasteiger partial charge in [-0.3, -0.25) is 28.9 Å². The number of hydrogen-bond acceptors (Lipinski definition) is 9. The lowest BCUT2D eigenvalue weighted by Gasteiger charge is -2.34. The van der Waals surface area contributed by atoms with Gasteiger partial charge >= 0.3 is 11.7 Å². The number of pyridine rings is 2. The molecule has 7 rings (SSSR count). The van der Waals surface area contributed by atoms with Crippen molar-refractivity contribution in [2.24, 2.45) is 13.0 Å². The fraction of sp³-hybridized carbons (Fsp3) is 0.333. The second kappa shape index (κ2) is 17.3. The van der Waals surface area contributed by atoms with E-state index in [1.54, 1.807) is 28.3 Å². The molecule has 0 saturated carbocycles. The van der Waals surface area contributed by atoms with Crippen LogP contribution in [0.4, 0.5) is 20.6 Å². The van der Waals surface area contributed by atoms with Crippen LogP contribution in [0.2, 0.25) is 0 Å². The first-order valence-electron chi connectivity index (χ1n) is 18.9. The summed E-state index contributed by atoms with van der Waals surface area (Å²) in [5.74, 6) is 5.21. The Morgan fingerprint density at radius 3 is 2.54 bits per heavy atom. The number of nitrogens with zero attached hydrogens (tertiary/aromatic N) is 6. The number of imidazole rings is 1. The maximum absolute atomic E-state index is 13.6. The number of nitrogens with one attached hydrogen (secondary N) is 3. The van der Waals surface area contributed by atoms with Crippen LogP contribution < -0.4 is 21.6 Å². The van der Waals surface area contributed by atoms with E-state index in [4.69, 9.17) is 0 Å². The minimum atomic E-state index is -0.778. The first kappa shape index (κ1) is 39.0. The maximum Gasteiger partial charge on any atom is 0.329 e. The first-order valence-corrected chi connectivity index (χ1v) is 18.9. The predicted molar refractivity (Wildman–Crippen MR) is 212 cm³/mol. The number of aromatic nitrogens is 4. The number of halogens is 1. The standard InChI is InChI=1S/C42H44FN9O5/c1-49(23-28-8-6-27(7-9-28)10-11-32-20-33(14-17-44-32)46-41(56)47-34-21-37(43)45-22-31(34)26-53)24-29-15-18-51(19-16-29)25-30-4-3-5-35-39(30)50(2)42(57)52(35)36-12-13-38(54)48-40(36)55/h3-9,14,17,20-22,29,36,53H,12-13,15-16,18-19,23-26H2,1-2H3,(H,48,54,55)(H2,44,45,46,47,56). The topological polar surface area (TPSA) is 167 Å². The molecule has 1 atom stereocenters. The highest BCUT2D eigenvalue weighted by Crippen LogP contribution is 2.27. The van der Waals surface area contributed by atoms with Gasteiger partial charge in [0, 0.05) is 68.4 Å². The summed E-state index contributed by atoms with van der Waals surface area (Å²) in [4.78, 5) is 62.8. The molecule has 2 aliphatic rings. The summed E-state index contributed by atoms with van der Waals surface area (Å²) in [6.07, 6.45) is 5.34. The molecule has 0 bridgehead atoms. The van der Waals surface area contributed by atoms with E-state index in [-0.39, 0.29) is 29.3 Å². The van der Waals surface area contributed by atoms with Crippen molar-refractivity contribution in [3.8, 4) is 11.8 Å². The van der Waals surface area contributed by atoms with Gasteiger partial charge in [-0.2, -0.15) is 4.39 Å². The van der Waals surface area contributed by atoms with Gasteiger partial charge in [-0.15, -0.1) is 0 Å². The highest BCUT2D eigenvalue weighted by molar-refractivity contribution is 6.01. The van der Waals surface area contributed by atoms with Crippen LogP contribution >= 0.6 is 0 Å². The zero-order chi connectivity index (χ0) is 40.1. The third kappa shape index (κ3) is 9.26. The molecule has 1 unspecified atom stereocenters. The van der Waals surface area contributed by atoms with E-state index in [0.717, 1.165) is 67.9 Å². The molecule has 57 heavy (non-hydrogen) atoms. The number of aryl methyl sites for hydroxylation is 1. The Bertz CT molecular complexity index is 2430. The van der Waals surface area contributed by atoms with Gasteiger partial charge in [-0.1, -0.05) is 30.2 Å². The largest absolute Gasteiger partial charge is 0.392 e. The van der Waals surface area contributed by atoms with Gasteiger partial charge in [-0.25, -0.2) is 19.6 Å². The molecule has 2 aromatic carbocycles. The molecule has 294 valence electrons. The molecule has 5 aromatic rings. The summed E-state index contributed by atoms with van der Waals surface area (Å²) in [5.41, 5.74) is 5.64. The minimum absolute atomic E-state index is 0.119. The second-order valence-corrected chi connectivity index (χ2v) is 14.7. The quantitative estimate of drug-likeness (QED) is 0.0928. The van der Waals surface area contributed by atoms with Crippen LogP contribution in [-0.2, 0) is 36.3 Å². The lowest BCUT2D eigenvalue weighted by Crippen LogP contribution is -2.44. The van der Waals surface area contributed by atoms with E-state index in [9.17, 15) is 28.7 Å². The van der Waals surface area contributed by atoms with Gasteiger partial charge in [-0.05, 0) is 92.7 Å². The van der Waals surface area contributed by atoms with Gasteiger partial charge in [0.1, 0.15) is 11.7 Å². The van der Waals surface area contributed by atoms with Crippen molar-refractivity contribution in [3.05, 3.63) is 117 Å². The number of benzene rings is 2. The molecule has 4 amide bonds. The smallest absolute Gasteiger partial charge is 0.329 e. The number of aliphatic hydroxyl groups excluding tert-OH is 1. The number of likely N-dealkylation sites (tertiary alicyclic amines) is 1. The van der Waals surface area contributed by atoms with Crippen molar-refractivity contribution >= 4 is 40.3 Å². The third-order valence-corrected chi connectivity index (χ3v) is 10.5. The Balaban J connectivity index is 0.887. The van der Waals surface area contributed by atoms with Crippen LogP contribution in [0.3, 0.4) is 0 Å². The number of urea groups is 1. The Hall–Kier alpha value is -6.21. The van der Waals surface area contributed by atoms with Gasteiger partial charge in [0.25, 0.3) is 0 Å². The van der Waals surface area contributed by atoms with Crippen LogP contribution in [-0.4, -0.2) is 78.5 Å². The Morgan fingerprint density at radius 2 is 1.79 bits per heavy atom. The molecule has 2 aliphatic heterocycles. The van der Waals surface area contributed by atoms with Crippen LogP contribution in [0.1, 0.15) is 59.7 Å². The summed E-state index contributed by atoms with van der Waals surface area (Å²) in [7, 11) is 3.89. The summed E-state index contributed by atoms with van der Waals surface area (Å²) in [6, 6.07) is 16.9. The zero-order valence-corrected chi connectivity index (χ0v) is 31.8. The number of carbonyl (C=O) groups excluding carboxylic acids is 3. The maximum atomic E-state index is 13.6. The minimum Gasteiger partial charge on any atom is -0.392 e. The van der Waals surface area contributed by atoms with Crippen molar-refractivity contribution < 1.29 is 23.9 Å². The molecule has 2 fully saturated rings. The monoisotopic (exact) mass is 773 g/mol. The van der Waals surface area contributed by atoms with E-state index in [1.165, 1.54) is 11.8 Å². The number of carbonyl (C=O) groups is 3. The van der Waals surface area contributed by atoms with E-state index >= 15 is 0 Å². The van der Waals surface area contributed by atoms with Crippen molar-refractivity contribution in [2.45, 2.75) is 51.4 Å². The molecule has 0 spiro atoms. The van der Waals surface area contributed by atoms with Gasteiger partial charge in [0.05, 0.1) is 23.3 Å². The number of hydrogen-bond donors (Lipinski definition) is 4. The van der Waals surface area contributed by atoms with Gasteiger partial charge in [0.15, 0.2) is 0 Å². The SMILES string of the molecule is CN(Cc1ccc(C#Cc2cc(NC(=O)Nc3cc(F)ncc3CO)ccn2)cc1)CC1CCN(Cc2cccc3c2n(C)c(=O)n3C2CCC(=O)NC2=O)CC1. The van der Waals surface area contributed by atoms with E-state index in [0.29, 0.717) is 35.8 Å². The van der Waals surface area contributed by atoms with Gasteiger partial charge in [0.2, 0.25) is 17.8 Å². The fourth-order valence-electron chi connectivity index (χ4n) is 7.65. The van der Waals surface area contributed by atoms with E-state index in [1.807, 2.05) is 24.3 Å². The zero-order valence-electron chi connectivity index (χ0n) is 31.8. The molecule has 5 heterocycles. The van der Waals surface area contributed by atoms with E-state index in [2.05, 4.69) is 72.8 Å². The number of fused-ring (bicyclic) bond motifs is 1. The summed E-state index contributed by atoms with van der Waals surface area (Å²) in [5, 5.41) is 17.0. The summed E-state index contributed by atoms with van der Waals surface area (Å²) in [6.45, 7) is 3.98. The Labute approximate surface area is 328 Å². The lowest BCUT2D eigenvalue weighted by atomic mass is 9.95. The van der Waals surface area contributed by atoms with Crippen molar-refractivity contribution in [2.75, 3.05) is 37.3 Å². The first-order chi connectivity index (χ1) is 27.5. The molecule has 14 nitrogen and oxygen atoms in total. The molecule has 4 N–H and O–H groups in total.